The molecule has 0 aliphatic heterocycles. The van der Waals surface area contributed by atoms with Crippen LogP contribution in [0, 0.1) is 17.1 Å². The third kappa shape index (κ3) is 6.74. The number of hydrogen-bond acceptors (Lipinski definition) is 4. The number of carbonyl (C=O) groups is 3. The average Bonchev–Trinajstić information content (AvgIpc) is 2.67. The van der Waals surface area contributed by atoms with Crippen LogP contribution in [0.2, 0.25) is 0 Å². The molecular formula is C21H21FN4O3. The highest BCUT2D eigenvalue weighted by molar-refractivity contribution is 5.91. The number of rotatable bonds is 8. The molecule has 2 rings (SSSR count). The first-order chi connectivity index (χ1) is 13.8. The van der Waals surface area contributed by atoms with Crippen molar-refractivity contribution in [1.29, 1.82) is 5.26 Å². The zero-order valence-electron chi connectivity index (χ0n) is 15.8. The first-order valence-electron chi connectivity index (χ1n) is 8.88. The van der Waals surface area contributed by atoms with Gasteiger partial charge in [0.25, 0.3) is 0 Å². The maximum atomic E-state index is 13.4. The summed E-state index contributed by atoms with van der Waals surface area (Å²) >= 11 is 0. The van der Waals surface area contributed by atoms with Gasteiger partial charge in [-0.2, -0.15) is 5.26 Å². The van der Waals surface area contributed by atoms with Crippen LogP contribution in [0.4, 0.5) is 4.39 Å². The summed E-state index contributed by atoms with van der Waals surface area (Å²) in [4.78, 5) is 36.0. The number of nitriles is 1. The topological polar surface area (TPSA) is 125 Å². The maximum absolute atomic E-state index is 13.4. The summed E-state index contributed by atoms with van der Waals surface area (Å²) in [6.07, 6.45) is 0.172. The molecule has 0 fully saturated rings. The van der Waals surface area contributed by atoms with Crippen LogP contribution in [-0.2, 0) is 27.2 Å². The van der Waals surface area contributed by atoms with E-state index in [1.165, 1.54) is 25.1 Å². The van der Waals surface area contributed by atoms with E-state index >= 15 is 0 Å². The van der Waals surface area contributed by atoms with Crippen LogP contribution in [0.3, 0.4) is 0 Å². The summed E-state index contributed by atoms with van der Waals surface area (Å²) < 4.78 is 13.4. The van der Waals surface area contributed by atoms with Crippen LogP contribution in [0.15, 0.2) is 48.5 Å². The largest absolute Gasteiger partial charge is 0.368 e. The Kier molecular flexibility index (Phi) is 7.43. The van der Waals surface area contributed by atoms with Crippen LogP contribution in [0.25, 0.3) is 0 Å². The first kappa shape index (κ1) is 21.6. The van der Waals surface area contributed by atoms with Gasteiger partial charge in [-0.15, -0.1) is 0 Å². The Hall–Kier alpha value is -3.73. The molecule has 3 amide bonds. The minimum absolute atomic E-state index is 0.0471. The third-order valence-corrected chi connectivity index (χ3v) is 4.21. The predicted molar refractivity (Wildman–Crippen MR) is 104 cm³/mol. The summed E-state index contributed by atoms with van der Waals surface area (Å²) in [6, 6.07) is 12.2. The predicted octanol–water partition coefficient (Wildman–Crippen LogP) is 0.957. The molecule has 0 aliphatic rings. The Morgan fingerprint density at radius 1 is 1.03 bits per heavy atom. The van der Waals surface area contributed by atoms with Crippen LogP contribution < -0.4 is 16.4 Å². The number of hydrogen-bond donors (Lipinski definition) is 3. The van der Waals surface area contributed by atoms with Crippen molar-refractivity contribution in [3.05, 3.63) is 71.0 Å². The smallest absolute Gasteiger partial charge is 0.243 e. The van der Waals surface area contributed by atoms with E-state index in [-0.39, 0.29) is 12.8 Å². The van der Waals surface area contributed by atoms with Crippen LogP contribution in [0.5, 0.6) is 0 Å². The Morgan fingerprint density at radius 2 is 1.69 bits per heavy atom. The molecule has 8 heteroatoms. The zero-order valence-corrected chi connectivity index (χ0v) is 15.8. The molecule has 0 bridgehead atoms. The molecule has 7 nitrogen and oxygen atoms in total. The monoisotopic (exact) mass is 396 g/mol. The Bertz CT molecular complexity index is 938. The summed E-state index contributed by atoms with van der Waals surface area (Å²) in [7, 11) is 0. The molecule has 2 atom stereocenters. The molecular weight excluding hydrogens is 375 g/mol. The van der Waals surface area contributed by atoms with E-state index in [4.69, 9.17) is 11.0 Å². The van der Waals surface area contributed by atoms with E-state index < -0.39 is 35.6 Å². The second-order valence-electron chi connectivity index (χ2n) is 6.56. The van der Waals surface area contributed by atoms with Gasteiger partial charge in [0.15, 0.2) is 0 Å². The van der Waals surface area contributed by atoms with Gasteiger partial charge in [0.2, 0.25) is 17.7 Å². The van der Waals surface area contributed by atoms with Gasteiger partial charge in [-0.1, -0.05) is 24.3 Å². The highest BCUT2D eigenvalue weighted by atomic mass is 19.1. The molecule has 0 saturated carbocycles. The molecule has 0 saturated heterocycles. The molecule has 2 aromatic carbocycles. The van der Waals surface area contributed by atoms with Crippen molar-refractivity contribution in [1.82, 2.24) is 10.6 Å². The second kappa shape index (κ2) is 9.99. The van der Waals surface area contributed by atoms with Crippen molar-refractivity contribution >= 4 is 17.7 Å². The van der Waals surface area contributed by atoms with Gasteiger partial charge in [0, 0.05) is 19.8 Å². The van der Waals surface area contributed by atoms with E-state index in [1.54, 1.807) is 30.3 Å². The van der Waals surface area contributed by atoms with Gasteiger partial charge in [0.05, 0.1) is 11.6 Å². The van der Waals surface area contributed by atoms with E-state index in [9.17, 15) is 18.8 Å². The minimum Gasteiger partial charge on any atom is -0.368 e. The van der Waals surface area contributed by atoms with Crippen molar-refractivity contribution in [2.75, 3.05) is 0 Å². The Balaban J connectivity index is 2.13. The van der Waals surface area contributed by atoms with Crippen molar-refractivity contribution in [3.8, 4) is 6.07 Å². The second-order valence-corrected chi connectivity index (χ2v) is 6.56. The van der Waals surface area contributed by atoms with Gasteiger partial charge in [-0.3, -0.25) is 14.4 Å². The number of amides is 3. The molecule has 0 heterocycles. The lowest BCUT2D eigenvalue weighted by atomic mass is 10.0. The number of nitrogens with zero attached hydrogens (tertiary/aromatic N) is 1. The van der Waals surface area contributed by atoms with Crippen molar-refractivity contribution in [3.63, 3.8) is 0 Å². The summed E-state index contributed by atoms with van der Waals surface area (Å²) in [6.45, 7) is 1.26. The summed E-state index contributed by atoms with van der Waals surface area (Å²) in [5.74, 6) is -2.25. The van der Waals surface area contributed by atoms with Crippen molar-refractivity contribution in [2.24, 2.45) is 5.73 Å². The average molecular weight is 396 g/mol. The highest BCUT2D eigenvalue weighted by Crippen LogP contribution is 2.09. The molecule has 0 unspecified atom stereocenters. The van der Waals surface area contributed by atoms with Crippen molar-refractivity contribution < 1.29 is 18.8 Å². The van der Waals surface area contributed by atoms with Gasteiger partial charge in [-0.25, -0.2) is 4.39 Å². The molecule has 2 aromatic rings. The zero-order chi connectivity index (χ0) is 21.4. The van der Waals surface area contributed by atoms with Crippen LogP contribution in [-0.4, -0.2) is 29.8 Å². The third-order valence-electron chi connectivity index (χ3n) is 4.21. The maximum Gasteiger partial charge on any atom is 0.243 e. The lowest BCUT2D eigenvalue weighted by molar-refractivity contribution is -0.130. The van der Waals surface area contributed by atoms with Gasteiger partial charge in [0.1, 0.15) is 17.9 Å². The Labute approximate surface area is 167 Å². The Morgan fingerprint density at radius 3 is 2.24 bits per heavy atom. The number of carbonyl (C=O) groups excluding carboxylic acids is 3. The molecule has 0 radical (unpaired) electrons. The number of halogens is 1. The normalized spacial score (nSPS) is 12.3. The standard InChI is InChI=1S/C21H21FN4O3/c1-13(27)25-19(11-16-3-2-4-17(22)9-16)21(29)26-18(20(24)28)10-14-5-7-15(12-23)8-6-14/h2-9,18-19H,10-11H2,1H3,(H2,24,28)(H,25,27)(H,26,29)/t18-,19+/m1/s1. The van der Waals surface area contributed by atoms with Gasteiger partial charge < -0.3 is 16.4 Å². The van der Waals surface area contributed by atoms with Crippen LogP contribution in [0.1, 0.15) is 23.6 Å². The summed E-state index contributed by atoms with van der Waals surface area (Å²) in [5.41, 5.74) is 7.11. The number of benzene rings is 2. The van der Waals surface area contributed by atoms with Crippen LogP contribution >= 0.6 is 0 Å². The summed E-state index contributed by atoms with van der Waals surface area (Å²) in [5, 5.41) is 13.9. The molecule has 150 valence electrons. The number of nitrogens with two attached hydrogens (primary N) is 1. The van der Waals surface area contributed by atoms with Crippen molar-refractivity contribution in [2.45, 2.75) is 31.8 Å². The highest BCUT2D eigenvalue weighted by Gasteiger charge is 2.25. The fraction of sp³-hybridized carbons (Fsp3) is 0.238. The quantitative estimate of drug-likeness (QED) is 0.614. The van der Waals surface area contributed by atoms with E-state index in [2.05, 4.69) is 10.6 Å². The van der Waals surface area contributed by atoms with E-state index in [0.29, 0.717) is 16.7 Å². The molecule has 0 aromatic heterocycles. The molecule has 0 aliphatic carbocycles. The van der Waals surface area contributed by atoms with Gasteiger partial charge in [-0.05, 0) is 35.4 Å². The molecule has 4 N–H and O–H groups in total. The van der Waals surface area contributed by atoms with Gasteiger partial charge >= 0.3 is 0 Å². The van der Waals surface area contributed by atoms with E-state index in [0.717, 1.165) is 0 Å². The SMILES string of the molecule is CC(=O)N[C@@H](Cc1cccc(F)c1)C(=O)N[C@H](Cc1ccc(C#N)cc1)C(N)=O. The molecule has 0 spiro atoms. The number of primary amides is 1. The molecule has 29 heavy (non-hydrogen) atoms. The number of nitrogens with one attached hydrogen (secondary N) is 2. The van der Waals surface area contributed by atoms with E-state index in [1.807, 2.05) is 6.07 Å². The fourth-order valence-corrected chi connectivity index (χ4v) is 2.80. The first-order valence-corrected chi connectivity index (χ1v) is 8.88. The lowest BCUT2D eigenvalue weighted by Gasteiger charge is -2.22. The lowest BCUT2D eigenvalue weighted by Crippen LogP contribution is -2.54. The fourth-order valence-electron chi connectivity index (χ4n) is 2.80. The minimum atomic E-state index is -1.01.